The van der Waals surface area contributed by atoms with E-state index in [0.717, 1.165) is 5.56 Å². The number of nitrogens with one attached hydrogen (secondary N) is 1. The van der Waals surface area contributed by atoms with Gasteiger partial charge in [-0.3, -0.25) is 14.9 Å². The number of anilines is 1. The van der Waals surface area contributed by atoms with Gasteiger partial charge in [0.15, 0.2) is 0 Å². The molecule has 1 N–H and O–H groups in total. The van der Waals surface area contributed by atoms with Gasteiger partial charge in [-0.25, -0.2) is 4.68 Å². The largest absolute Gasteiger partial charge is 0.379 e. The highest BCUT2D eigenvalue weighted by Gasteiger charge is 2.13. The Balaban J connectivity index is 2.25. The Labute approximate surface area is 128 Å². The third kappa shape index (κ3) is 3.10. The van der Waals surface area contributed by atoms with E-state index in [0.29, 0.717) is 22.3 Å². The predicted octanol–water partition coefficient (Wildman–Crippen LogP) is 2.37. The summed E-state index contributed by atoms with van der Waals surface area (Å²) < 4.78 is 1.59. The molecule has 0 atom stereocenters. The van der Waals surface area contributed by atoms with Crippen LogP contribution in [0.2, 0.25) is 0 Å². The van der Waals surface area contributed by atoms with E-state index in [2.05, 4.69) is 26.3 Å². The molecule has 21 heavy (non-hydrogen) atoms. The Morgan fingerprint density at radius 1 is 1.48 bits per heavy atom. The van der Waals surface area contributed by atoms with Crippen LogP contribution < -0.4 is 10.9 Å². The maximum absolute atomic E-state index is 11.7. The molecule has 2 aromatic rings. The Bertz CT molecular complexity index is 758. The zero-order valence-corrected chi connectivity index (χ0v) is 13.0. The third-order valence-electron chi connectivity index (χ3n) is 3.16. The zero-order valence-electron chi connectivity index (χ0n) is 11.5. The van der Waals surface area contributed by atoms with Gasteiger partial charge in [0, 0.05) is 25.2 Å². The second-order valence-electron chi connectivity index (χ2n) is 4.47. The number of nitro benzene ring substituents is 1. The Morgan fingerprint density at radius 3 is 2.86 bits per heavy atom. The number of halogens is 1. The van der Waals surface area contributed by atoms with Crippen molar-refractivity contribution in [1.29, 1.82) is 0 Å². The highest BCUT2D eigenvalue weighted by Crippen LogP contribution is 2.23. The first-order valence-corrected chi connectivity index (χ1v) is 6.89. The number of rotatable bonds is 4. The summed E-state index contributed by atoms with van der Waals surface area (Å²) in [7, 11) is 1.56. The molecule has 0 aliphatic carbocycles. The summed E-state index contributed by atoms with van der Waals surface area (Å²) in [6, 6.07) is 4.91. The topological polar surface area (TPSA) is 90.1 Å². The summed E-state index contributed by atoms with van der Waals surface area (Å²) in [5.74, 6) is 0. The molecule has 0 bridgehead atoms. The quantitative estimate of drug-likeness (QED) is 0.673. The Hall–Kier alpha value is -2.22. The fourth-order valence-corrected chi connectivity index (χ4v) is 2.38. The van der Waals surface area contributed by atoms with Crippen molar-refractivity contribution in [3.8, 4) is 0 Å². The first kappa shape index (κ1) is 15.2. The van der Waals surface area contributed by atoms with Crippen LogP contribution in [0.3, 0.4) is 0 Å². The summed E-state index contributed by atoms with van der Waals surface area (Å²) in [6.45, 7) is 2.06. The van der Waals surface area contributed by atoms with Crippen molar-refractivity contribution in [2.75, 3.05) is 5.32 Å². The number of benzene rings is 1. The second kappa shape index (κ2) is 6.04. The molecule has 2 rings (SSSR count). The molecule has 0 fully saturated rings. The molecule has 0 aliphatic rings. The van der Waals surface area contributed by atoms with Crippen LogP contribution in [0.25, 0.3) is 0 Å². The lowest BCUT2D eigenvalue weighted by molar-refractivity contribution is -0.385. The number of aromatic nitrogens is 2. The number of nitrogens with zero attached hydrogens (tertiary/aromatic N) is 3. The number of hydrogen-bond donors (Lipinski definition) is 1. The molecule has 0 saturated carbocycles. The first-order valence-electron chi connectivity index (χ1n) is 6.10. The van der Waals surface area contributed by atoms with Crippen LogP contribution in [0.5, 0.6) is 0 Å². The summed E-state index contributed by atoms with van der Waals surface area (Å²) >= 11 is 3.22. The average molecular weight is 353 g/mol. The van der Waals surface area contributed by atoms with Crippen LogP contribution >= 0.6 is 15.9 Å². The molecule has 1 aromatic heterocycles. The molecule has 0 saturated heterocycles. The van der Waals surface area contributed by atoms with Gasteiger partial charge in [-0.1, -0.05) is 12.1 Å². The van der Waals surface area contributed by atoms with Gasteiger partial charge in [0.05, 0.1) is 16.8 Å². The van der Waals surface area contributed by atoms with Gasteiger partial charge < -0.3 is 5.32 Å². The van der Waals surface area contributed by atoms with Crippen molar-refractivity contribution >= 4 is 27.3 Å². The minimum Gasteiger partial charge on any atom is -0.379 e. The maximum Gasteiger partial charge on any atom is 0.282 e. The third-order valence-corrected chi connectivity index (χ3v) is 3.93. The highest BCUT2D eigenvalue weighted by molar-refractivity contribution is 9.10. The monoisotopic (exact) mass is 352 g/mol. The molecule has 0 radical (unpaired) electrons. The Kier molecular flexibility index (Phi) is 4.37. The molecular formula is C13H13BrN4O3. The summed E-state index contributed by atoms with van der Waals surface area (Å²) in [4.78, 5) is 22.2. The van der Waals surface area contributed by atoms with Gasteiger partial charge in [0.1, 0.15) is 4.47 Å². The van der Waals surface area contributed by atoms with E-state index in [9.17, 15) is 14.9 Å². The lowest BCUT2D eigenvalue weighted by Gasteiger charge is -2.10. The van der Waals surface area contributed by atoms with E-state index in [4.69, 9.17) is 0 Å². The number of aryl methyl sites for hydroxylation is 1. The standard InChI is InChI=1S/C13H13BrN4O3/c1-8-9(4-3-5-11(8)18(20)21)6-15-10-7-16-17(2)13(19)12(10)14/h3-5,7,15H,6H2,1-2H3. The Morgan fingerprint density at radius 2 is 2.19 bits per heavy atom. The fraction of sp³-hybridized carbons (Fsp3) is 0.231. The molecular weight excluding hydrogens is 340 g/mol. The SMILES string of the molecule is Cc1c(CNc2cnn(C)c(=O)c2Br)cccc1[N+](=O)[O-]. The van der Waals surface area contributed by atoms with Crippen molar-refractivity contribution in [3.63, 3.8) is 0 Å². The second-order valence-corrected chi connectivity index (χ2v) is 5.27. The molecule has 110 valence electrons. The molecule has 7 nitrogen and oxygen atoms in total. The molecule has 8 heteroatoms. The molecule has 1 heterocycles. The van der Waals surface area contributed by atoms with Gasteiger partial charge in [-0.05, 0) is 28.4 Å². The van der Waals surface area contributed by atoms with Crippen molar-refractivity contribution in [3.05, 3.63) is 60.5 Å². The number of hydrogen-bond acceptors (Lipinski definition) is 5. The van der Waals surface area contributed by atoms with E-state index in [1.165, 1.54) is 16.9 Å². The molecule has 1 aromatic carbocycles. The molecule has 0 aliphatic heterocycles. The van der Waals surface area contributed by atoms with Crippen LogP contribution in [0.15, 0.2) is 33.7 Å². The summed E-state index contributed by atoms with van der Waals surface area (Å²) in [6.07, 6.45) is 1.53. The van der Waals surface area contributed by atoms with Gasteiger partial charge in [-0.15, -0.1) is 0 Å². The number of nitro groups is 1. The van der Waals surface area contributed by atoms with Gasteiger partial charge in [0.2, 0.25) is 0 Å². The maximum atomic E-state index is 11.7. The van der Waals surface area contributed by atoms with Gasteiger partial charge in [0.25, 0.3) is 11.2 Å². The van der Waals surface area contributed by atoms with Crippen LogP contribution in [0.1, 0.15) is 11.1 Å². The summed E-state index contributed by atoms with van der Waals surface area (Å²) in [5.41, 5.74) is 1.76. The van der Waals surface area contributed by atoms with Crippen molar-refractivity contribution in [1.82, 2.24) is 9.78 Å². The summed E-state index contributed by atoms with van der Waals surface area (Å²) in [5, 5.41) is 17.9. The minimum absolute atomic E-state index is 0.0791. The highest BCUT2D eigenvalue weighted by atomic mass is 79.9. The minimum atomic E-state index is -0.408. The first-order chi connectivity index (χ1) is 9.91. The zero-order chi connectivity index (χ0) is 15.6. The van der Waals surface area contributed by atoms with Crippen LogP contribution in [-0.4, -0.2) is 14.7 Å². The molecule has 0 unspecified atom stereocenters. The van der Waals surface area contributed by atoms with E-state index in [-0.39, 0.29) is 11.2 Å². The predicted molar refractivity (Wildman–Crippen MR) is 82.3 cm³/mol. The van der Waals surface area contributed by atoms with E-state index in [1.54, 1.807) is 26.1 Å². The van der Waals surface area contributed by atoms with Crippen LogP contribution in [-0.2, 0) is 13.6 Å². The van der Waals surface area contributed by atoms with Gasteiger partial charge >= 0.3 is 0 Å². The van der Waals surface area contributed by atoms with Crippen LogP contribution in [0, 0.1) is 17.0 Å². The van der Waals surface area contributed by atoms with Crippen molar-refractivity contribution in [2.45, 2.75) is 13.5 Å². The van der Waals surface area contributed by atoms with E-state index >= 15 is 0 Å². The smallest absolute Gasteiger partial charge is 0.282 e. The van der Waals surface area contributed by atoms with Crippen molar-refractivity contribution in [2.24, 2.45) is 7.05 Å². The molecule has 0 amide bonds. The van der Waals surface area contributed by atoms with E-state index in [1.807, 2.05) is 0 Å². The van der Waals surface area contributed by atoms with E-state index < -0.39 is 4.92 Å². The molecule has 0 spiro atoms. The lowest BCUT2D eigenvalue weighted by Crippen LogP contribution is -2.21. The lowest BCUT2D eigenvalue weighted by atomic mass is 10.1. The normalized spacial score (nSPS) is 10.4. The fourth-order valence-electron chi connectivity index (χ4n) is 1.88. The van der Waals surface area contributed by atoms with Gasteiger partial charge in [-0.2, -0.15) is 5.10 Å². The average Bonchev–Trinajstić information content (AvgIpc) is 2.45. The van der Waals surface area contributed by atoms with Crippen LogP contribution in [0.4, 0.5) is 11.4 Å². The van der Waals surface area contributed by atoms with Crippen molar-refractivity contribution < 1.29 is 4.92 Å².